The van der Waals surface area contributed by atoms with E-state index in [4.69, 9.17) is 11.6 Å². The van der Waals surface area contributed by atoms with E-state index in [2.05, 4.69) is 48.1 Å². The molecule has 0 saturated heterocycles. The molecule has 18 heavy (non-hydrogen) atoms. The summed E-state index contributed by atoms with van der Waals surface area (Å²) in [7, 11) is 2.09. The first-order valence-corrected chi connectivity index (χ1v) is 7.43. The van der Waals surface area contributed by atoms with E-state index in [-0.39, 0.29) is 0 Å². The topological polar surface area (TPSA) is 16.1 Å². The van der Waals surface area contributed by atoms with Crippen LogP contribution in [0.1, 0.15) is 23.2 Å². The minimum absolute atomic E-state index is 0.491. The summed E-state index contributed by atoms with van der Waals surface area (Å²) >= 11 is 7.43. The van der Waals surface area contributed by atoms with Crippen LogP contribution >= 0.6 is 22.9 Å². The Hall–Kier alpha value is -1.06. The van der Waals surface area contributed by atoms with E-state index in [0.29, 0.717) is 5.88 Å². The molecule has 96 valence electrons. The number of hydrogen-bond acceptors (Lipinski definition) is 3. The van der Waals surface area contributed by atoms with Crippen molar-refractivity contribution in [3.8, 4) is 0 Å². The average molecular weight is 281 g/mol. The van der Waals surface area contributed by atoms with E-state index in [1.54, 1.807) is 11.3 Å². The average Bonchev–Trinajstić information content (AvgIpc) is 2.86. The standard InChI is InChI=1S/C14H17ClN2S/c1-3-11-4-6-13(7-5-11)17(2)9-14-16-12(8-15)10-18-14/h4-7,10H,3,8-9H2,1-2H3. The predicted octanol–water partition coefficient (Wildman–Crippen LogP) is 4.08. The van der Waals surface area contributed by atoms with Crippen LogP contribution in [0.3, 0.4) is 0 Å². The van der Waals surface area contributed by atoms with Gasteiger partial charge >= 0.3 is 0 Å². The Morgan fingerprint density at radius 3 is 2.56 bits per heavy atom. The molecule has 0 atom stereocenters. The molecule has 0 aliphatic rings. The van der Waals surface area contributed by atoms with Crippen molar-refractivity contribution < 1.29 is 0 Å². The fourth-order valence-electron chi connectivity index (χ4n) is 1.76. The lowest BCUT2D eigenvalue weighted by molar-refractivity contribution is 0.902. The number of halogens is 1. The Labute approximate surface area is 117 Å². The highest BCUT2D eigenvalue weighted by Crippen LogP contribution is 2.19. The first-order chi connectivity index (χ1) is 8.72. The zero-order valence-electron chi connectivity index (χ0n) is 10.7. The van der Waals surface area contributed by atoms with Crippen LogP contribution in [0.5, 0.6) is 0 Å². The molecule has 0 unspecified atom stereocenters. The zero-order valence-corrected chi connectivity index (χ0v) is 12.3. The number of nitrogens with zero attached hydrogens (tertiary/aromatic N) is 2. The van der Waals surface area contributed by atoms with Gasteiger partial charge in [-0.15, -0.1) is 22.9 Å². The Morgan fingerprint density at radius 2 is 2.00 bits per heavy atom. The number of rotatable bonds is 5. The molecule has 0 bridgehead atoms. The van der Waals surface area contributed by atoms with Crippen molar-refractivity contribution in [2.24, 2.45) is 0 Å². The van der Waals surface area contributed by atoms with Crippen molar-refractivity contribution in [1.29, 1.82) is 0 Å². The molecule has 2 nitrogen and oxygen atoms in total. The van der Waals surface area contributed by atoms with Gasteiger partial charge in [-0.05, 0) is 24.1 Å². The molecule has 0 radical (unpaired) electrons. The summed E-state index contributed by atoms with van der Waals surface area (Å²) in [6.07, 6.45) is 1.08. The highest BCUT2D eigenvalue weighted by molar-refractivity contribution is 7.09. The van der Waals surface area contributed by atoms with Crippen molar-refractivity contribution in [3.63, 3.8) is 0 Å². The van der Waals surface area contributed by atoms with Crippen LogP contribution in [0.15, 0.2) is 29.6 Å². The minimum Gasteiger partial charge on any atom is -0.368 e. The van der Waals surface area contributed by atoms with E-state index >= 15 is 0 Å². The van der Waals surface area contributed by atoms with Gasteiger partial charge in [-0.3, -0.25) is 0 Å². The second-order valence-electron chi connectivity index (χ2n) is 4.24. The Balaban J connectivity index is 2.03. The number of benzene rings is 1. The molecule has 0 aliphatic heterocycles. The van der Waals surface area contributed by atoms with Crippen LogP contribution < -0.4 is 4.90 Å². The summed E-state index contributed by atoms with van der Waals surface area (Å²) in [5.41, 5.74) is 3.55. The smallest absolute Gasteiger partial charge is 0.112 e. The molecule has 0 N–H and O–H groups in total. The molecule has 1 heterocycles. The van der Waals surface area contributed by atoms with Gasteiger partial charge in [0, 0.05) is 18.1 Å². The first kappa shape index (κ1) is 13.4. The SMILES string of the molecule is CCc1ccc(N(C)Cc2nc(CCl)cs2)cc1. The van der Waals surface area contributed by atoms with E-state index in [9.17, 15) is 0 Å². The second-order valence-corrected chi connectivity index (χ2v) is 5.45. The van der Waals surface area contributed by atoms with Crippen molar-refractivity contribution in [1.82, 2.24) is 4.98 Å². The highest BCUT2D eigenvalue weighted by Gasteiger charge is 2.06. The molecule has 2 rings (SSSR count). The lowest BCUT2D eigenvalue weighted by Gasteiger charge is -2.18. The van der Waals surface area contributed by atoms with Crippen LogP contribution in [0, 0.1) is 0 Å². The summed E-state index contributed by atoms with van der Waals surface area (Å²) in [6.45, 7) is 3.00. The molecule has 1 aromatic heterocycles. The summed E-state index contributed by atoms with van der Waals surface area (Å²) in [5.74, 6) is 0.491. The third-order valence-corrected chi connectivity index (χ3v) is 4.05. The lowest BCUT2D eigenvalue weighted by atomic mass is 10.1. The maximum Gasteiger partial charge on any atom is 0.112 e. The fraction of sp³-hybridized carbons (Fsp3) is 0.357. The summed E-state index contributed by atoms with van der Waals surface area (Å²) in [5, 5.41) is 3.13. The van der Waals surface area contributed by atoms with Crippen molar-refractivity contribution in [2.75, 3.05) is 11.9 Å². The number of hydrogen-bond donors (Lipinski definition) is 0. The molecule has 1 aromatic carbocycles. The normalized spacial score (nSPS) is 10.6. The molecule has 0 saturated carbocycles. The third kappa shape index (κ3) is 3.24. The monoisotopic (exact) mass is 280 g/mol. The molecule has 0 fully saturated rings. The van der Waals surface area contributed by atoms with Gasteiger partial charge in [-0.1, -0.05) is 19.1 Å². The number of alkyl halides is 1. The highest BCUT2D eigenvalue weighted by atomic mass is 35.5. The van der Waals surface area contributed by atoms with Crippen molar-refractivity contribution >= 4 is 28.6 Å². The van der Waals surface area contributed by atoms with Gasteiger partial charge in [0.15, 0.2) is 0 Å². The Kier molecular flexibility index (Phi) is 4.61. The molecule has 4 heteroatoms. The molecule has 2 aromatic rings. The predicted molar refractivity (Wildman–Crippen MR) is 79.6 cm³/mol. The maximum atomic E-state index is 5.76. The minimum atomic E-state index is 0.491. The summed E-state index contributed by atoms with van der Waals surface area (Å²) in [4.78, 5) is 6.68. The summed E-state index contributed by atoms with van der Waals surface area (Å²) < 4.78 is 0. The van der Waals surface area contributed by atoms with E-state index < -0.39 is 0 Å². The molecular weight excluding hydrogens is 264 g/mol. The van der Waals surface area contributed by atoms with Gasteiger partial charge in [0.1, 0.15) is 5.01 Å². The van der Waals surface area contributed by atoms with Crippen molar-refractivity contribution in [2.45, 2.75) is 25.8 Å². The number of thiazole rings is 1. The van der Waals surface area contributed by atoms with E-state index in [0.717, 1.165) is 23.7 Å². The number of aryl methyl sites for hydroxylation is 1. The van der Waals surface area contributed by atoms with Gasteiger partial charge in [-0.2, -0.15) is 0 Å². The van der Waals surface area contributed by atoms with Gasteiger partial charge < -0.3 is 4.90 Å². The van der Waals surface area contributed by atoms with Crippen LogP contribution in [0.2, 0.25) is 0 Å². The quantitative estimate of drug-likeness (QED) is 0.767. The summed E-state index contributed by atoms with van der Waals surface area (Å²) in [6, 6.07) is 8.68. The number of aromatic nitrogens is 1. The van der Waals surface area contributed by atoms with Gasteiger partial charge in [-0.25, -0.2) is 4.98 Å². The van der Waals surface area contributed by atoms with Gasteiger partial charge in [0.05, 0.1) is 18.1 Å². The van der Waals surface area contributed by atoms with Crippen LogP contribution in [0.4, 0.5) is 5.69 Å². The second kappa shape index (κ2) is 6.21. The van der Waals surface area contributed by atoms with E-state index in [1.165, 1.54) is 11.3 Å². The Bertz CT molecular complexity index is 493. The van der Waals surface area contributed by atoms with Gasteiger partial charge in [0.2, 0.25) is 0 Å². The van der Waals surface area contributed by atoms with Crippen molar-refractivity contribution in [3.05, 3.63) is 45.9 Å². The van der Waals surface area contributed by atoms with Crippen LogP contribution in [-0.2, 0) is 18.8 Å². The van der Waals surface area contributed by atoms with Crippen LogP contribution in [-0.4, -0.2) is 12.0 Å². The number of anilines is 1. The molecule has 0 spiro atoms. The fourth-order valence-corrected chi connectivity index (χ4v) is 2.84. The zero-order chi connectivity index (χ0) is 13.0. The Morgan fingerprint density at radius 1 is 1.28 bits per heavy atom. The largest absolute Gasteiger partial charge is 0.368 e. The first-order valence-electron chi connectivity index (χ1n) is 6.02. The molecular formula is C14H17ClN2S. The third-order valence-electron chi connectivity index (χ3n) is 2.89. The van der Waals surface area contributed by atoms with Gasteiger partial charge in [0.25, 0.3) is 0 Å². The lowest BCUT2D eigenvalue weighted by Crippen LogP contribution is -2.16. The maximum absolute atomic E-state index is 5.76. The van der Waals surface area contributed by atoms with E-state index in [1.807, 2.05) is 5.38 Å². The van der Waals surface area contributed by atoms with Crippen LogP contribution in [0.25, 0.3) is 0 Å². The molecule has 0 aliphatic carbocycles. The molecule has 0 amide bonds.